The third-order valence-corrected chi connectivity index (χ3v) is 9.18. The van der Waals surface area contributed by atoms with Crippen LogP contribution in [0.3, 0.4) is 0 Å². The summed E-state index contributed by atoms with van der Waals surface area (Å²) in [6.45, 7) is 0. The number of allylic oxidation sites excluding steroid dienone is 4. The maximum atomic E-state index is 2.43. The SMILES string of the molecule is CN(C)c1ccc2c(c1)[CH]([Zr+2][C]1=CC=CC1)c1cc(N(C)C)ccc1-2.[Cl-].[Cl-]. The van der Waals surface area contributed by atoms with E-state index in [0.29, 0.717) is 3.63 Å². The number of fused-ring (bicyclic) bond motifs is 3. The molecule has 0 amide bonds. The van der Waals surface area contributed by atoms with Crippen LogP contribution in [0.4, 0.5) is 11.4 Å². The normalized spacial score (nSPS) is 13.7. The largest absolute Gasteiger partial charge is 1.00 e. The third kappa shape index (κ3) is 4.21. The minimum absolute atomic E-state index is 0. The predicted molar refractivity (Wildman–Crippen MR) is 104 cm³/mol. The van der Waals surface area contributed by atoms with E-state index in [-0.39, 0.29) is 24.8 Å². The van der Waals surface area contributed by atoms with Gasteiger partial charge in [0.05, 0.1) is 0 Å². The fourth-order valence-electron chi connectivity index (χ4n) is 3.69. The van der Waals surface area contributed by atoms with Crippen molar-refractivity contribution in [3.8, 4) is 11.1 Å². The van der Waals surface area contributed by atoms with Gasteiger partial charge in [-0.15, -0.1) is 0 Å². The molecule has 0 saturated heterocycles. The summed E-state index contributed by atoms with van der Waals surface area (Å²) in [4.78, 5) is 4.43. The van der Waals surface area contributed by atoms with Crippen LogP contribution >= 0.6 is 0 Å². The molecule has 0 aliphatic heterocycles. The van der Waals surface area contributed by atoms with Crippen molar-refractivity contribution in [3.05, 3.63) is 69.0 Å². The van der Waals surface area contributed by atoms with Crippen LogP contribution in [0, 0.1) is 0 Å². The van der Waals surface area contributed by atoms with Gasteiger partial charge in [-0.25, -0.2) is 0 Å². The molecule has 4 rings (SSSR count). The molecule has 27 heavy (non-hydrogen) atoms. The van der Waals surface area contributed by atoms with E-state index in [1.54, 1.807) is 14.4 Å². The summed E-state index contributed by atoms with van der Waals surface area (Å²) in [5.74, 6) is 0. The first kappa shape index (κ1) is 22.3. The van der Waals surface area contributed by atoms with E-state index in [1.165, 1.54) is 28.9 Å². The fraction of sp³-hybridized carbons (Fsp3) is 0.273. The summed E-state index contributed by atoms with van der Waals surface area (Å²) in [6, 6.07) is 14.0. The summed E-state index contributed by atoms with van der Waals surface area (Å²) in [5.41, 5.74) is 8.62. The molecule has 0 saturated carbocycles. The van der Waals surface area contributed by atoms with Gasteiger partial charge >= 0.3 is 163 Å². The number of halogens is 2. The standard InChI is InChI=1S/C17H19N2.C5H5.2ClH.Zr/c1-18(2)14-5-7-16-12(10-14)9-13-11-15(19(3)4)6-8-17(13)16;1-2-4-5-3-1;;;/h5-11H,1-4H3;1-3H,4H2;2*1H;/q;;;;+2/p-2. The van der Waals surface area contributed by atoms with Crippen molar-refractivity contribution in [2.75, 3.05) is 38.0 Å². The van der Waals surface area contributed by atoms with Crippen LogP contribution in [0.2, 0.25) is 0 Å². The first-order valence-corrected chi connectivity index (χ1v) is 11.4. The van der Waals surface area contributed by atoms with E-state index >= 15 is 0 Å². The zero-order chi connectivity index (χ0) is 17.6. The molecule has 140 valence electrons. The van der Waals surface area contributed by atoms with Crippen molar-refractivity contribution in [2.24, 2.45) is 0 Å². The van der Waals surface area contributed by atoms with Gasteiger partial charge in [-0.3, -0.25) is 0 Å². The maximum Gasteiger partial charge on any atom is -1.00 e. The van der Waals surface area contributed by atoms with Gasteiger partial charge in [0.1, 0.15) is 0 Å². The van der Waals surface area contributed by atoms with E-state index < -0.39 is 23.2 Å². The first-order valence-electron chi connectivity index (χ1n) is 8.80. The smallest absolute Gasteiger partial charge is 1.00 e. The monoisotopic (exact) mass is 476 g/mol. The predicted octanol–water partition coefficient (Wildman–Crippen LogP) is -1.18. The Morgan fingerprint density at radius 3 is 1.74 bits per heavy atom. The molecule has 0 spiro atoms. The Hall–Kier alpha value is -1.02. The number of hydrogen-bond acceptors (Lipinski definition) is 2. The van der Waals surface area contributed by atoms with E-state index in [2.05, 4.69) is 92.6 Å². The number of anilines is 2. The number of nitrogens with zero attached hydrogens (tertiary/aromatic N) is 2. The van der Waals surface area contributed by atoms with E-state index in [0.717, 1.165) is 0 Å². The van der Waals surface area contributed by atoms with E-state index in [1.807, 2.05) is 0 Å². The second-order valence-corrected chi connectivity index (χ2v) is 10.9. The summed E-state index contributed by atoms with van der Waals surface area (Å²) in [7, 11) is 8.53. The maximum absolute atomic E-state index is 2.43. The minimum atomic E-state index is -0.705. The Balaban J connectivity index is 0.00000131. The van der Waals surface area contributed by atoms with Gasteiger partial charge in [0.25, 0.3) is 0 Å². The molecule has 0 bridgehead atoms. The van der Waals surface area contributed by atoms with Gasteiger partial charge in [-0.2, -0.15) is 0 Å². The van der Waals surface area contributed by atoms with Crippen LogP contribution in [0.1, 0.15) is 21.2 Å². The molecule has 0 fully saturated rings. The zero-order valence-corrected chi connectivity index (χ0v) is 20.1. The molecule has 0 unspecified atom stereocenters. The Labute approximate surface area is 186 Å². The fourth-order valence-corrected chi connectivity index (χ4v) is 7.59. The van der Waals surface area contributed by atoms with Gasteiger partial charge in [0.15, 0.2) is 0 Å². The molecule has 0 heterocycles. The second kappa shape index (κ2) is 8.99. The summed E-state index contributed by atoms with van der Waals surface area (Å²) in [5, 5.41) is 0. The zero-order valence-electron chi connectivity index (χ0n) is 16.1. The molecule has 2 aliphatic carbocycles. The van der Waals surface area contributed by atoms with Gasteiger partial charge in [-0.1, -0.05) is 0 Å². The van der Waals surface area contributed by atoms with Crippen LogP contribution < -0.4 is 34.6 Å². The van der Waals surface area contributed by atoms with Crippen LogP contribution in [0.5, 0.6) is 0 Å². The van der Waals surface area contributed by atoms with Crippen LogP contribution in [-0.4, -0.2) is 28.2 Å². The van der Waals surface area contributed by atoms with Gasteiger partial charge in [0.2, 0.25) is 0 Å². The Morgan fingerprint density at radius 1 is 0.815 bits per heavy atom. The Kier molecular flexibility index (Phi) is 7.42. The minimum Gasteiger partial charge on any atom is -1.00 e. The average molecular weight is 479 g/mol. The van der Waals surface area contributed by atoms with Crippen LogP contribution in [0.25, 0.3) is 11.1 Å². The Morgan fingerprint density at radius 2 is 1.33 bits per heavy atom. The van der Waals surface area contributed by atoms with E-state index in [9.17, 15) is 0 Å². The third-order valence-electron chi connectivity index (χ3n) is 5.12. The quantitative estimate of drug-likeness (QED) is 0.546. The molecule has 2 aromatic rings. The first-order chi connectivity index (χ1) is 12.0. The average Bonchev–Trinajstić information content (AvgIpc) is 3.21. The number of hydrogen-bond donors (Lipinski definition) is 0. The van der Waals surface area contributed by atoms with Crippen molar-refractivity contribution < 1.29 is 48.0 Å². The van der Waals surface area contributed by atoms with Gasteiger partial charge in [0, 0.05) is 0 Å². The summed E-state index contributed by atoms with van der Waals surface area (Å²) >= 11 is -0.705. The van der Waals surface area contributed by atoms with Gasteiger partial charge in [-0.05, 0) is 0 Å². The molecule has 0 atom stereocenters. The number of rotatable bonds is 4. The second-order valence-electron chi connectivity index (χ2n) is 7.23. The molecule has 2 aromatic carbocycles. The van der Waals surface area contributed by atoms with Crippen molar-refractivity contribution in [3.63, 3.8) is 0 Å². The number of benzene rings is 2. The molecule has 2 aliphatic rings. The molecule has 0 aromatic heterocycles. The molecule has 0 radical (unpaired) electrons. The molecule has 5 heteroatoms. The van der Waals surface area contributed by atoms with Crippen molar-refractivity contribution in [2.45, 2.75) is 10.0 Å². The summed E-state index contributed by atoms with van der Waals surface area (Å²) in [6.07, 6.45) is 8.09. The molecular formula is C22H24Cl2N2Zr. The van der Waals surface area contributed by atoms with E-state index in [4.69, 9.17) is 0 Å². The van der Waals surface area contributed by atoms with Crippen molar-refractivity contribution in [1.82, 2.24) is 0 Å². The topological polar surface area (TPSA) is 6.48 Å². The van der Waals surface area contributed by atoms with Crippen molar-refractivity contribution in [1.29, 1.82) is 0 Å². The van der Waals surface area contributed by atoms with Crippen LogP contribution in [0.15, 0.2) is 57.9 Å². The molecule has 0 N–H and O–H groups in total. The summed E-state index contributed by atoms with van der Waals surface area (Å²) < 4.78 is 2.33. The Bertz CT molecular complexity index is 830. The molecule has 2 nitrogen and oxygen atoms in total. The van der Waals surface area contributed by atoms with Crippen LogP contribution in [-0.2, 0) is 23.2 Å². The van der Waals surface area contributed by atoms with Gasteiger partial charge < -0.3 is 24.8 Å². The molecular weight excluding hydrogens is 454 g/mol. The van der Waals surface area contributed by atoms with Crippen molar-refractivity contribution >= 4 is 11.4 Å².